The molecule has 2 aromatic rings. The van der Waals surface area contributed by atoms with Crippen molar-refractivity contribution in [2.45, 2.75) is 12.8 Å². The summed E-state index contributed by atoms with van der Waals surface area (Å²) in [6, 6.07) is 7.63. The predicted octanol–water partition coefficient (Wildman–Crippen LogP) is 3.77. The van der Waals surface area contributed by atoms with Crippen molar-refractivity contribution in [2.75, 3.05) is 12.4 Å². The van der Waals surface area contributed by atoms with Crippen molar-refractivity contribution >= 4 is 17.5 Å². The zero-order chi connectivity index (χ0) is 15.5. The first-order valence-electron chi connectivity index (χ1n) is 5.90. The maximum Gasteiger partial charge on any atom is 0.433 e. The number of hydrogen-bond donors (Lipinski definition) is 1. The summed E-state index contributed by atoms with van der Waals surface area (Å²) in [5.74, 6) is -0.347. The molecule has 112 valence electrons. The van der Waals surface area contributed by atoms with E-state index in [1.807, 2.05) is 0 Å². The fourth-order valence-corrected chi connectivity index (χ4v) is 1.71. The highest BCUT2D eigenvalue weighted by molar-refractivity contribution is 6.31. The Morgan fingerprint density at radius 2 is 1.95 bits per heavy atom. The van der Waals surface area contributed by atoms with Crippen LogP contribution in [0.5, 0.6) is 5.88 Å². The number of halogens is 4. The van der Waals surface area contributed by atoms with Gasteiger partial charge in [0.2, 0.25) is 11.8 Å². The number of benzene rings is 1. The standard InChI is InChI=1S/C13H11ClF3N3O/c1-18-12-19-10(13(15,16)17)6-11(20-12)21-7-8-4-2-3-5-9(8)14/h2-6H,7H2,1H3,(H,18,19,20). The number of alkyl halides is 3. The van der Waals surface area contributed by atoms with E-state index in [2.05, 4.69) is 15.3 Å². The van der Waals surface area contributed by atoms with Crippen LogP contribution in [0.2, 0.25) is 5.02 Å². The summed E-state index contributed by atoms with van der Waals surface area (Å²) >= 11 is 5.95. The normalized spacial score (nSPS) is 11.3. The molecule has 0 aliphatic carbocycles. The molecule has 2 rings (SSSR count). The molecule has 0 atom stereocenters. The minimum atomic E-state index is -4.57. The van der Waals surface area contributed by atoms with Crippen LogP contribution in [0, 0.1) is 0 Å². The van der Waals surface area contributed by atoms with Crippen LogP contribution < -0.4 is 10.1 Å². The van der Waals surface area contributed by atoms with Gasteiger partial charge in [0, 0.05) is 23.7 Å². The number of aromatic nitrogens is 2. The van der Waals surface area contributed by atoms with E-state index in [0.717, 1.165) is 6.07 Å². The molecule has 1 aromatic heterocycles. The average Bonchev–Trinajstić information content (AvgIpc) is 2.45. The van der Waals surface area contributed by atoms with E-state index in [-0.39, 0.29) is 18.4 Å². The van der Waals surface area contributed by atoms with Crippen molar-refractivity contribution in [3.05, 3.63) is 46.6 Å². The van der Waals surface area contributed by atoms with Crippen LogP contribution in [0.1, 0.15) is 11.3 Å². The zero-order valence-electron chi connectivity index (χ0n) is 10.9. The number of nitrogens with one attached hydrogen (secondary N) is 1. The van der Waals surface area contributed by atoms with E-state index < -0.39 is 11.9 Å². The van der Waals surface area contributed by atoms with E-state index in [1.165, 1.54) is 7.05 Å². The van der Waals surface area contributed by atoms with Crippen molar-refractivity contribution in [2.24, 2.45) is 0 Å². The van der Waals surface area contributed by atoms with Gasteiger partial charge in [-0.15, -0.1) is 0 Å². The van der Waals surface area contributed by atoms with Gasteiger partial charge >= 0.3 is 6.18 Å². The molecule has 0 saturated carbocycles. The van der Waals surface area contributed by atoms with Crippen molar-refractivity contribution in [1.82, 2.24) is 9.97 Å². The fraction of sp³-hybridized carbons (Fsp3) is 0.231. The Balaban J connectivity index is 2.22. The van der Waals surface area contributed by atoms with Gasteiger partial charge in [-0.1, -0.05) is 29.8 Å². The maximum atomic E-state index is 12.7. The first-order chi connectivity index (χ1) is 9.90. The third-order valence-corrected chi connectivity index (χ3v) is 2.92. The number of anilines is 1. The third-order valence-electron chi connectivity index (χ3n) is 2.55. The van der Waals surface area contributed by atoms with Gasteiger partial charge in [-0.05, 0) is 6.07 Å². The Morgan fingerprint density at radius 3 is 2.57 bits per heavy atom. The molecule has 1 N–H and O–H groups in total. The van der Waals surface area contributed by atoms with Crippen LogP contribution in [0.3, 0.4) is 0 Å². The first kappa shape index (κ1) is 15.4. The molecule has 0 aliphatic rings. The van der Waals surface area contributed by atoms with Crippen LogP contribution in [-0.2, 0) is 12.8 Å². The van der Waals surface area contributed by atoms with Crippen molar-refractivity contribution in [3.63, 3.8) is 0 Å². The molecule has 0 fully saturated rings. The molecule has 0 unspecified atom stereocenters. The molecule has 1 aromatic carbocycles. The van der Waals surface area contributed by atoms with Crippen molar-refractivity contribution in [3.8, 4) is 5.88 Å². The second-order valence-electron chi connectivity index (χ2n) is 4.04. The molecule has 8 heteroatoms. The van der Waals surface area contributed by atoms with E-state index in [0.29, 0.717) is 10.6 Å². The maximum absolute atomic E-state index is 12.7. The molecule has 0 radical (unpaired) electrons. The fourth-order valence-electron chi connectivity index (χ4n) is 1.52. The summed E-state index contributed by atoms with van der Waals surface area (Å²) in [5, 5.41) is 2.93. The van der Waals surface area contributed by atoms with Gasteiger partial charge in [-0.2, -0.15) is 18.2 Å². The number of nitrogens with zero attached hydrogens (tertiary/aromatic N) is 2. The molecular weight excluding hydrogens is 307 g/mol. The minimum Gasteiger partial charge on any atom is -0.473 e. The van der Waals surface area contributed by atoms with Crippen molar-refractivity contribution < 1.29 is 17.9 Å². The monoisotopic (exact) mass is 317 g/mol. The summed E-state index contributed by atoms with van der Waals surface area (Å²) in [7, 11) is 1.42. The molecule has 4 nitrogen and oxygen atoms in total. The quantitative estimate of drug-likeness (QED) is 0.932. The molecule has 0 saturated heterocycles. The minimum absolute atomic E-state index is 0.0110. The summed E-state index contributed by atoms with van der Waals surface area (Å²) in [6.07, 6.45) is -4.57. The van der Waals surface area contributed by atoms with Gasteiger partial charge in [0.15, 0.2) is 5.69 Å². The van der Waals surface area contributed by atoms with Crippen LogP contribution in [-0.4, -0.2) is 17.0 Å². The lowest BCUT2D eigenvalue weighted by Gasteiger charge is -2.11. The van der Waals surface area contributed by atoms with Crippen LogP contribution in [0.15, 0.2) is 30.3 Å². The molecule has 0 bridgehead atoms. The van der Waals surface area contributed by atoms with E-state index in [9.17, 15) is 13.2 Å². The van der Waals surface area contributed by atoms with Gasteiger partial charge in [-0.25, -0.2) is 4.98 Å². The smallest absolute Gasteiger partial charge is 0.433 e. The van der Waals surface area contributed by atoms with Gasteiger partial charge in [0.1, 0.15) is 6.61 Å². The number of ether oxygens (including phenoxy) is 1. The summed E-state index contributed by atoms with van der Waals surface area (Å²) in [6.45, 7) is 0.0110. The second kappa shape index (κ2) is 6.17. The Bertz CT molecular complexity index is 634. The second-order valence-corrected chi connectivity index (χ2v) is 4.45. The molecule has 0 spiro atoms. The molecule has 21 heavy (non-hydrogen) atoms. The van der Waals surface area contributed by atoms with Crippen LogP contribution in [0.25, 0.3) is 0 Å². The third kappa shape index (κ3) is 3.98. The topological polar surface area (TPSA) is 47.0 Å². The lowest BCUT2D eigenvalue weighted by atomic mass is 10.2. The van der Waals surface area contributed by atoms with Crippen LogP contribution >= 0.6 is 11.6 Å². The molecule has 0 aliphatic heterocycles. The SMILES string of the molecule is CNc1nc(OCc2ccccc2Cl)cc(C(F)(F)F)n1. The number of hydrogen-bond acceptors (Lipinski definition) is 4. The highest BCUT2D eigenvalue weighted by atomic mass is 35.5. The predicted molar refractivity (Wildman–Crippen MR) is 72.4 cm³/mol. The highest BCUT2D eigenvalue weighted by Crippen LogP contribution is 2.30. The summed E-state index contributed by atoms with van der Waals surface area (Å²) < 4.78 is 43.4. The van der Waals surface area contributed by atoms with Crippen molar-refractivity contribution in [1.29, 1.82) is 0 Å². The van der Waals surface area contributed by atoms with Gasteiger partial charge in [0.25, 0.3) is 0 Å². The Morgan fingerprint density at radius 1 is 1.24 bits per heavy atom. The molecule has 1 heterocycles. The summed E-state index contributed by atoms with van der Waals surface area (Å²) in [5.41, 5.74) is -0.423. The zero-order valence-corrected chi connectivity index (χ0v) is 11.7. The Labute approximate surface area is 123 Å². The van der Waals surface area contributed by atoms with E-state index in [4.69, 9.17) is 16.3 Å². The Hall–Kier alpha value is -2.02. The summed E-state index contributed by atoms with van der Waals surface area (Å²) in [4.78, 5) is 7.17. The highest BCUT2D eigenvalue weighted by Gasteiger charge is 2.34. The average molecular weight is 318 g/mol. The van der Waals surface area contributed by atoms with Gasteiger partial charge in [-0.3, -0.25) is 0 Å². The van der Waals surface area contributed by atoms with Gasteiger partial charge in [0.05, 0.1) is 0 Å². The van der Waals surface area contributed by atoms with Crippen LogP contribution in [0.4, 0.5) is 19.1 Å². The van der Waals surface area contributed by atoms with E-state index >= 15 is 0 Å². The molecular formula is C13H11ClF3N3O. The lowest BCUT2D eigenvalue weighted by molar-refractivity contribution is -0.141. The lowest BCUT2D eigenvalue weighted by Crippen LogP contribution is -2.12. The van der Waals surface area contributed by atoms with E-state index in [1.54, 1.807) is 24.3 Å². The molecule has 0 amide bonds. The number of rotatable bonds is 4. The van der Waals surface area contributed by atoms with Gasteiger partial charge < -0.3 is 10.1 Å². The largest absolute Gasteiger partial charge is 0.473 e. The first-order valence-corrected chi connectivity index (χ1v) is 6.28. The Kier molecular flexibility index (Phi) is 4.52.